The summed E-state index contributed by atoms with van der Waals surface area (Å²) >= 11 is 5.83. The van der Waals surface area contributed by atoms with Crippen LogP contribution in [0.4, 0.5) is 4.39 Å². The second kappa shape index (κ2) is 7.95. The second-order valence-electron chi connectivity index (χ2n) is 5.58. The average Bonchev–Trinajstić information content (AvgIpc) is 2.55. The average molecular weight is 385 g/mol. The van der Waals surface area contributed by atoms with Crippen molar-refractivity contribution >= 4 is 27.5 Å². The van der Waals surface area contributed by atoms with Crippen molar-refractivity contribution in [1.82, 2.24) is 10.0 Å². The van der Waals surface area contributed by atoms with E-state index >= 15 is 0 Å². The number of nitrogens with one attached hydrogen (secondary N) is 2. The van der Waals surface area contributed by atoms with E-state index in [4.69, 9.17) is 11.6 Å². The van der Waals surface area contributed by atoms with Gasteiger partial charge in [-0.15, -0.1) is 0 Å². The minimum absolute atomic E-state index is 0.112. The van der Waals surface area contributed by atoms with Crippen molar-refractivity contribution in [2.24, 2.45) is 0 Å². The van der Waals surface area contributed by atoms with E-state index in [0.29, 0.717) is 5.02 Å². The Hall–Kier alpha value is -1.96. The van der Waals surface area contributed by atoms with Gasteiger partial charge in [-0.1, -0.05) is 23.7 Å². The fraction of sp³-hybridized carbons (Fsp3) is 0.235. The number of benzene rings is 2. The minimum Gasteiger partial charge on any atom is -0.348 e. The molecule has 0 bridgehead atoms. The molecule has 2 atom stereocenters. The minimum atomic E-state index is -3.92. The van der Waals surface area contributed by atoms with Gasteiger partial charge in [0.1, 0.15) is 5.82 Å². The number of halogens is 2. The van der Waals surface area contributed by atoms with Gasteiger partial charge >= 0.3 is 0 Å². The van der Waals surface area contributed by atoms with Crippen molar-refractivity contribution in [3.63, 3.8) is 0 Å². The molecular formula is C17H18ClFN2O3S. The van der Waals surface area contributed by atoms with E-state index in [1.807, 2.05) is 0 Å². The lowest BCUT2D eigenvalue weighted by molar-refractivity contribution is -0.123. The predicted molar refractivity (Wildman–Crippen MR) is 94.2 cm³/mol. The summed E-state index contributed by atoms with van der Waals surface area (Å²) in [5, 5.41) is 3.32. The van der Waals surface area contributed by atoms with Crippen LogP contribution in [-0.2, 0) is 14.8 Å². The highest BCUT2D eigenvalue weighted by Crippen LogP contribution is 2.16. The number of carbonyl (C=O) groups excluding carboxylic acids is 1. The highest BCUT2D eigenvalue weighted by molar-refractivity contribution is 7.89. The molecule has 0 unspecified atom stereocenters. The summed E-state index contributed by atoms with van der Waals surface area (Å²) in [6, 6.07) is 10.0. The summed E-state index contributed by atoms with van der Waals surface area (Å²) < 4.78 is 39.6. The van der Waals surface area contributed by atoms with Crippen molar-refractivity contribution in [2.45, 2.75) is 30.8 Å². The van der Waals surface area contributed by atoms with Gasteiger partial charge in [-0.25, -0.2) is 12.8 Å². The third kappa shape index (κ3) is 5.26. The molecule has 0 heterocycles. The Morgan fingerprint density at radius 2 is 1.60 bits per heavy atom. The molecule has 2 N–H and O–H groups in total. The zero-order valence-electron chi connectivity index (χ0n) is 13.7. The van der Waals surface area contributed by atoms with Gasteiger partial charge in [-0.05, 0) is 55.8 Å². The Kier molecular flexibility index (Phi) is 6.16. The van der Waals surface area contributed by atoms with Crippen molar-refractivity contribution in [3.05, 3.63) is 64.9 Å². The Bertz CT molecular complexity index is 839. The number of rotatable bonds is 6. The van der Waals surface area contributed by atoms with Crippen LogP contribution in [0.15, 0.2) is 53.4 Å². The monoisotopic (exact) mass is 384 g/mol. The Labute approximate surface area is 151 Å². The Balaban J connectivity index is 2.01. The van der Waals surface area contributed by atoms with E-state index in [1.54, 1.807) is 31.2 Å². The lowest BCUT2D eigenvalue weighted by Crippen LogP contribution is -2.45. The first-order valence-corrected chi connectivity index (χ1v) is 9.39. The molecule has 0 saturated carbocycles. The molecule has 134 valence electrons. The van der Waals surface area contributed by atoms with Crippen LogP contribution in [0.5, 0.6) is 0 Å². The fourth-order valence-corrected chi connectivity index (χ4v) is 3.47. The van der Waals surface area contributed by atoms with Crippen LogP contribution < -0.4 is 10.0 Å². The normalized spacial score (nSPS) is 13.9. The molecule has 8 heteroatoms. The summed E-state index contributed by atoms with van der Waals surface area (Å²) in [4.78, 5) is 12.1. The first-order chi connectivity index (χ1) is 11.7. The zero-order chi connectivity index (χ0) is 18.6. The highest BCUT2D eigenvalue weighted by Gasteiger charge is 2.23. The van der Waals surface area contributed by atoms with Crippen molar-refractivity contribution in [1.29, 1.82) is 0 Å². The van der Waals surface area contributed by atoms with Gasteiger partial charge in [-0.3, -0.25) is 4.79 Å². The smallest absolute Gasteiger partial charge is 0.241 e. The van der Waals surface area contributed by atoms with Crippen LogP contribution in [0.1, 0.15) is 25.5 Å². The molecule has 25 heavy (non-hydrogen) atoms. The maximum atomic E-state index is 12.9. The molecule has 5 nitrogen and oxygen atoms in total. The largest absolute Gasteiger partial charge is 0.348 e. The van der Waals surface area contributed by atoms with E-state index in [2.05, 4.69) is 10.0 Å². The van der Waals surface area contributed by atoms with Crippen LogP contribution in [0, 0.1) is 5.82 Å². The van der Waals surface area contributed by atoms with Gasteiger partial charge in [0.25, 0.3) is 0 Å². The summed E-state index contributed by atoms with van der Waals surface area (Å²) in [6.45, 7) is 3.22. The molecule has 2 rings (SSSR count). The number of hydrogen-bond donors (Lipinski definition) is 2. The molecular weight excluding hydrogens is 367 g/mol. The van der Waals surface area contributed by atoms with Crippen molar-refractivity contribution < 1.29 is 17.6 Å². The first kappa shape index (κ1) is 19.4. The van der Waals surface area contributed by atoms with Crippen LogP contribution in [0.25, 0.3) is 0 Å². The summed E-state index contributed by atoms with van der Waals surface area (Å²) in [6.07, 6.45) is 0. The third-order valence-electron chi connectivity index (χ3n) is 3.58. The van der Waals surface area contributed by atoms with E-state index in [1.165, 1.54) is 6.92 Å². The molecule has 2 aromatic rings. The molecule has 0 aliphatic heterocycles. The molecule has 0 saturated heterocycles. The van der Waals surface area contributed by atoms with Crippen LogP contribution in [0.3, 0.4) is 0 Å². The molecule has 0 aromatic heterocycles. The Morgan fingerprint density at radius 1 is 1.04 bits per heavy atom. The van der Waals surface area contributed by atoms with Gasteiger partial charge in [0.15, 0.2) is 0 Å². The van der Waals surface area contributed by atoms with Crippen molar-refractivity contribution in [2.75, 3.05) is 0 Å². The standard InChI is InChI=1S/C17H18ClFN2O3S/c1-11(13-3-5-14(18)6-4-13)20-17(22)12(2)21-25(23,24)16-9-7-15(19)8-10-16/h3-12,21H,1-2H3,(H,20,22)/t11-,12+/m1/s1. The zero-order valence-corrected chi connectivity index (χ0v) is 15.2. The van der Waals surface area contributed by atoms with Crippen LogP contribution in [-0.4, -0.2) is 20.4 Å². The van der Waals surface area contributed by atoms with E-state index in [-0.39, 0.29) is 10.9 Å². The highest BCUT2D eigenvalue weighted by atomic mass is 35.5. The van der Waals surface area contributed by atoms with Gasteiger partial charge in [0.2, 0.25) is 15.9 Å². The lowest BCUT2D eigenvalue weighted by atomic mass is 10.1. The van der Waals surface area contributed by atoms with Gasteiger partial charge in [0.05, 0.1) is 17.0 Å². The van der Waals surface area contributed by atoms with Gasteiger partial charge in [0, 0.05) is 5.02 Å². The summed E-state index contributed by atoms with van der Waals surface area (Å²) in [5.41, 5.74) is 0.839. The van der Waals surface area contributed by atoms with E-state index in [0.717, 1.165) is 29.8 Å². The Morgan fingerprint density at radius 3 is 2.16 bits per heavy atom. The second-order valence-corrected chi connectivity index (χ2v) is 7.73. The van der Waals surface area contributed by atoms with Gasteiger partial charge in [-0.2, -0.15) is 4.72 Å². The first-order valence-electron chi connectivity index (χ1n) is 7.53. The number of hydrogen-bond acceptors (Lipinski definition) is 3. The molecule has 0 aliphatic rings. The third-order valence-corrected chi connectivity index (χ3v) is 5.39. The fourth-order valence-electron chi connectivity index (χ4n) is 2.14. The van der Waals surface area contributed by atoms with E-state index < -0.39 is 27.8 Å². The van der Waals surface area contributed by atoms with Crippen molar-refractivity contribution in [3.8, 4) is 0 Å². The molecule has 1 amide bonds. The topological polar surface area (TPSA) is 75.3 Å². The molecule has 0 radical (unpaired) electrons. The molecule has 0 aliphatic carbocycles. The summed E-state index contributed by atoms with van der Waals surface area (Å²) in [7, 11) is -3.92. The van der Waals surface area contributed by atoms with Crippen LogP contribution >= 0.6 is 11.6 Å². The number of sulfonamides is 1. The predicted octanol–water partition coefficient (Wildman–Crippen LogP) is 3.02. The summed E-state index contributed by atoms with van der Waals surface area (Å²) in [5.74, 6) is -1.02. The SMILES string of the molecule is C[C@H](NS(=O)(=O)c1ccc(F)cc1)C(=O)N[C@H](C)c1ccc(Cl)cc1. The van der Waals surface area contributed by atoms with Gasteiger partial charge < -0.3 is 5.32 Å². The molecule has 0 fully saturated rings. The maximum absolute atomic E-state index is 12.9. The number of carbonyl (C=O) groups is 1. The lowest BCUT2D eigenvalue weighted by Gasteiger charge is -2.19. The molecule has 2 aromatic carbocycles. The molecule has 0 spiro atoms. The van der Waals surface area contributed by atoms with E-state index in [9.17, 15) is 17.6 Å². The maximum Gasteiger partial charge on any atom is 0.241 e. The quantitative estimate of drug-likeness (QED) is 0.803. The number of amides is 1. The van der Waals surface area contributed by atoms with Crippen LogP contribution in [0.2, 0.25) is 5.02 Å².